The number of fused-ring (bicyclic) bond motifs is 1. The molecule has 1 aliphatic carbocycles. The molecule has 3 heterocycles. The van der Waals surface area contributed by atoms with Crippen LogP contribution in [0.3, 0.4) is 0 Å². The largest absolute Gasteiger partial charge is 0.390 e. The van der Waals surface area contributed by atoms with Crippen molar-refractivity contribution in [3.05, 3.63) is 77.4 Å². The fourth-order valence-corrected chi connectivity index (χ4v) is 4.21. The summed E-state index contributed by atoms with van der Waals surface area (Å²) in [6.07, 6.45) is 5.02. The minimum atomic E-state index is 0.154. The number of anilines is 1. The van der Waals surface area contributed by atoms with Crippen LogP contribution in [-0.4, -0.2) is 26.3 Å². The number of nitrogens with zero attached hydrogens (tertiary/aromatic N) is 4. The number of benzene rings is 1. The second-order valence-corrected chi connectivity index (χ2v) is 8.17. The van der Waals surface area contributed by atoms with Crippen LogP contribution in [-0.2, 0) is 13.0 Å². The summed E-state index contributed by atoms with van der Waals surface area (Å²) in [6, 6.07) is 16.2. The molecule has 8 nitrogen and oxygen atoms in total. The molecule has 0 radical (unpaired) electrons. The van der Waals surface area contributed by atoms with Gasteiger partial charge in [-0.15, -0.1) is 0 Å². The first-order valence-corrected chi connectivity index (χ1v) is 11.0. The van der Waals surface area contributed by atoms with Crippen molar-refractivity contribution >= 4 is 17.8 Å². The van der Waals surface area contributed by atoms with E-state index in [1.54, 1.807) is 6.20 Å². The van der Waals surface area contributed by atoms with Crippen LogP contribution in [0.5, 0.6) is 0 Å². The summed E-state index contributed by atoms with van der Waals surface area (Å²) in [7, 11) is 0. The normalized spacial score (nSPS) is 15.2. The molecule has 0 saturated heterocycles. The standard InChI is InChI=1S/C25H26N8/c1-15-3-2-4-21(31-15)25-24(17-6-10-22(29-12-17)30-14-26)32-23(33-25)13-28-18-7-8-19-16(11-18)5-9-20(19)27/h2-4,6-8,10-12,14,20,28H,5,9,13,27H2,1H3,(H,32,33)(H2,26,29,30). The first-order chi connectivity index (χ1) is 16.1. The topological polar surface area (TPSA) is 131 Å². The molecule has 1 atom stereocenters. The zero-order chi connectivity index (χ0) is 22.8. The van der Waals surface area contributed by atoms with Crippen LogP contribution >= 0.6 is 0 Å². The van der Waals surface area contributed by atoms with Crippen LogP contribution < -0.4 is 16.8 Å². The van der Waals surface area contributed by atoms with Crippen LogP contribution in [0.15, 0.2) is 59.7 Å². The molecule has 4 aromatic rings. The summed E-state index contributed by atoms with van der Waals surface area (Å²) in [5.41, 5.74) is 19.5. The second-order valence-electron chi connectivity index (χ2n) is 8.17. The molecule has 0 aliphatic heterocycles. The second kappa shape index (κ2) is 8.84. The zero-order valence-electron chi connectivity index (χ0n) is 18.4. The van der Waals surface area contributed by atoms with Crippen molar-refractivity contribution in [2.75, 3.05) is 5.32 Å². The van der Waals surface area contributed by atoms with E-state index in [1.807, 2.05) is 37.3 Å². The van der Waals surface area contributed by atoms with Crippen molar-refractivity contribution < 1.29 is 0 Å². The number of hydrogen-bond acceptors (Lipinski definition) is 6. The van der Waals surface area contributed by atoms with E-state index in [-0.39, 0.29) is 6.04 Å². The fourth-order valence-electron chi connectivity index (χ4n) is 4.21. The van der Waals surface area contributed by atoms with E-state index in [4.69, 9.17) is 21.4 Å². The molecular formula is C25H26N8. The summed E-state index contributed by atoms with van der Waals surface area (Å²) in [5, 5.41) is 3.48. The van der Waals surface area contributed by atoms with Crippen molar-refractivity contribution in [1.29, 1.82) is 0 Å². The van der Waals surface area contributed by atoms with Gasteiger partial charge in [-0.2, -0.15) is 0 Å². The highest BCUT2D eigenvalue weighted by atomic mass is 15.0. The molecule has 1 aromatic carbocycles. The molecule has 1 unspecified atom stereocenters. The summed E-state index contributed by atoms with van der Waals surface area (Å²) < 4.78 is 0. The highest BCUT2D eigenvalue weighted by molar-refractivity contribution is 5.77. The molecule has 3 aromatic heterocycles. The van der Waals surface area contributed by atoms with E-state index in [2.05, 4.69) is 38.5 Å². The quantitative estimate of drug-likeness (QED) is 0.266. The number of rotatable bonds is 6. The maximum absolute atomic E-state index is 6.17. The number of nitrogens with two attached hydrogens (primary N) is 2. The molecule has 8 heteroatoms. The number of aromatic amines is 1. The average molecular weight is 439 g/mol. The Kier molecular flexibility index (Phi) is 5.58. The number of imidazole rings is 1. The first-order valence-electron chi connectivity index (χ1n) is 11.0. The van der Waals surface area contributed by atoms with Crippen LogP contribution in [0.4, 0.5) is 11.5 Å². The number of aromatic nitrogens is 4. The zero-order valence-corrected chi connectivity index (χ0v) is 18.4. The van der Waals surface area contributed by atoms with Gasteiger partial charge in [0, 0.05) is 29.2 Å². The monoisotopic (exact) mass is 438 g/mol. The van der Waals surface area contributed by atoms with Gasteiger partial charge in [0.25, 0.3) is 0 Å². The van der Waals surface area contributed by atoms with Crippen molar-refractivity contribution in [2.24, 2.45) is 16.5 Å². The number of aryl methyl sites for hydroxylation is 2. The van der Waals surface area contributed by atoms with Gasteiger partial charge < -0.3 is 21.8 Å². The van der Waals surface area contributed by atoms with E-state index in [0.29, 0.717) is 12.4 Å². The summed E-state index contributed by atoms with van der Waals surface area (Å²) in [5.74, 6) is 1.36. The third kappa shape index (κ3) is 4.33. The average Bonchev–Trinajstić information content (AvgIpc) is 3.42. The van der Waals surface area contributed by atoms with Crippen molar-refractivity contribution in [1.82, 2.24) is 19.9 Å². The lowest BCUT2D eigenvalue weighted by Crippen LogP contribution is -2.05. The van der Waals surface area contributed by atoms with Gasteiger partial charge >= 0.3 is 0 Å². The predicted molar refractivity (Wildman–Crippen MR) is 131 cm³/mol. The molecule has 0 bridgehead atoms. The van der Waals surface area contributed by atoms with Crippen LogP contribution in [0.25, 0.3) is 22.6 Å². The summed E-state index contributed by atoms with van der Waals surface area (Å²) in [4.78, 5) is 21.4. The van der Waals surface area contributed by atoms with Gasteiger partial charge in [0.2, 0.25) is 0 Å². The molecule has 0 spiro atoms. The maximum atomic E-state index is 6.17. The van der Waals surface area contributed by atoms with E-state index < -0.39 is 0 Å². The summed E-state index contributed by atoms with van der Waals surface area (Å²) >= 11 is 0. The lowest BCUT2D eigenvalue weighted by atomic mass is 10.1. The highest BCUT2D eigenvalue weighted by Crippen LogP contribution is 2.32. The molecule has 0 amide bonds. The lowest BCUT2D eigenvalue weighted by molar-refractivity contribution is 0.713. The number of nitrogens with one attached hydrogen (secondary N) is 2. The molecule has 33 heavy (non-hydrogen) atoms. The molecule has 5 rings (SSSR count). The number of H-pyrrole nitrogens is 1. The number of aliphatic imine (C=N–C) groups is 1. The number of hydrogen-bond donors (Lipinski definition) is 4. The van der Waals surface area contributed by atoms with Gasteiger partial charge in [-0.25, -0.2) is 15.0 Å². The van der Waals surface area contributed by atoms with Crippen molar-refractivity contribution in [2.45, 2.75) is 32.4 Å². The lowest BCUT2D eigenvalue weighted by Gasteiger charge is -2.08. The van der Waals surface area contributed by atoms with Crippen LogP contribution in [0.2, 0.25) is 0 Å². The minimum absolute atomic E-state index is 0.154. The Morgan fingerprint density at radius 2 is 2.09 bits per heavy atom. The summed E-state index contributed by atoms with van der Waals surface area (Å²) in [6.45, 7) is 2.52. The Balaban J connectivity index is 1.45. The Labute approximate surface area is 192 Å². The molecule has 1 aliphatic rings. The predicted octanol–water partition coefficient (Wildman–Crippen LogP) is 4.02. The van der Waals surface area contributed by atoms with E-state index in [0.717, 1.165) is 52.7 Å². The van der Waals surface area contributed by atoms with E-state index in [1.165, 1.54) is 17.5 Å². The third-order valence-corrected chi connectivity index (χ3v) is 5.85. The number of pyridine rings is 2. The Morgan fingerprint density at radius 1 is 1.18 bits per heavy atom. The van der Waals surface area contributed by atoms with Crippen LogP contribution in [0, 0.1) is 6.92 Å². The molecule has 0 fully saturated rings. The van der Waals surface area contributed by atoms with Crippen molar-refractivity contribution in [3.63, 3.8) is 0 Å². The van der Waals surface area contributed by atoms with Gasteiger partial charge in [-0.3, -0.25) is 4.98 Å². The van der Waals surface area contributed by atoms with E-state index >= 15 is 0 Å². The van der Waals surface area contributed by atoms with Gasteiger partial charge in [0.1, 0.15) is 5.82 Å². The fraction of sp³-hybridized carbons (Fsp3) is 0.200. The smallest absolute Gasteiger partial charge is 0.153 e. The Hall–Kier alpha value is -4.04. The first kappa shape index (κ1) is 20.8. The van der Waals surface area contributed by atoms with Gasteiger partial charge in [0.05, 0.1) is 30.0 Å². The molecule has 0 saturated carbocycles. The van der Waals surface area contributed by atoms with Gasteiger partial charge in [-0.05, 0) is 67.3 Å². The highest BCUT2D eigenvalue weighted by Gasteiger charge is 2.19. The van der Waals surface area contributed by atoms with Gasteiger partial charge in [0.15, 0.2) is 5.82 Å². The van der Waals surface area contributed by atoms with Crippen molar-refractivity contribution in [3.8, 4) is 22.6 Å². The molecule has 6 N–H and O–H groups in total. The minimum Gasteiger partial charge on any atom is -0.390 e. The SMILES string of the molecule is Cc1cccc(-c2[nH]c(CNc3ccc4c(c3)CCC4N)nc2-c2ccc(N=CN)nc2)n1. The van der Waals surface area contributed by atoms with Crippen LogP contribution in [0.1, 0.15) is 35.1 Å². The Bertz CT molecular complexity index is 1310. The molecular weight excluding hydrogens is 412 g/mol. The molecule has 166 valence electrons. The maximum Gasteiger partial charge on any atom is 0.153 e. The third-order valence-electron chi connectivity index (χ3n) is 5.85. The Morgan fingerprint density at radius 3 is 2.88 bits per heavy atom. The van der Waals surface area contributed by atoms with E-state index in [9.17, 15) is 0 Å². The van der Waals surface area contributed by atoms with Gasteiger partial charge in [-0.1, -0.05) is 12.1 Å².